The number of anilines is 1. The molecule has 0 atom stereocenters. The highest BCUT2D eigenvalue weighted by molar-refractivity contribution is 7.99. The topological polar surface area (TPSA) is 42.1 Å². The number of aromatic nitrogens is 1. The molecular weight excluding hydrogens is 230 g/mol. The number of nitrogens with two attached hydrogens (primary N) is 1. The van der Waals surface area contributed by atoms with Crippen LogP contribution in [0.4, 0.5) is 5.69 Å². The first-order valence-electron chi connectivity index (χ1n) is 6.23. The molecule has 1 aliphatic rings. The molecule has 0 spiro atoms. The van der Waals surface area contributed by atoms with Gasteiger partial charge in [0.25, 0.3) is 0 Å². The second-order valence-corrected chi connectivity index (χ2v) is 5.75. The third-order valence-electron chi connectivity index (χ3n) is 3.40. The van der Waals surface area contributed by atoms with E-state index in [1.807, 2.05) is 23.9 Å². The number of likely N-dealkylation sites (tertiary alicyclic amines) is 1. The van der Waals surface area contributed by atoms with E-state index in [0.717, 1.165) is 29.6 Å². The Bertz CT molecular complexity index is 331. The third kappa shape index (κ3) is 3.89. The number of hydrogen-bond donors (Lipinski definition) is 1. The van der Waals surface area contributed by atoms with Gasteiger partial charge in [0.15, 0.2) is 0 Å². The number of hydrogen-bond acceptors (Lipinski definition) is 4. The van der Waals surface area contributed by atoms with Gasteiger partial charge in [0.05, 0.1) is 11.9 Å². The van der Waals surface area contributed by atoms with Crippen LogP contribution in [0.5, 0.6) is 0 Å². The highest BCUT2D eigenvalue weighted by Crippen LogP contribution is 2.20. The van der Waals surface area contributed by atoms with Gasteiger partial charge in [0.1, 0.15) is 0 Å². The number of nitrogens with zero attached hydrogens (tertiary/aromatic N) is 2. The molecule has 0 radical (unpaired) electrons. The largest absolute Gasteiger partial charge is 0.397 e. The van der Waals surface area contributed by atoms with Gasteiger partial charge in [0.2, 0.25) is 0 Å². The van der Waals surface area contributed by atoms with E-state index < -0.39 is 0 Å². The van der Waals surface area contributed by atoms with Crippen molar-refractivity contribution in [3.63, 3.8) is 0 Å². The summed E-state index contributed by atoms with van der Waals surface area (Å²) < 4.78 is 0. The van der Waals surface area contributed by atoms with E-state index in [-0.39, 0.29) is 0 Å². The molecule has 0 saturated carbocycles. The lowest BCUT2D eigenvalue weighted by atomic mass is 10.1. The summed E-state index contributed by atoms with van der Waals surface area (Å²) in [6.45, 7) is 3.60. The molecular formula is C13H21N3S. The van der Waals surface area contributed by atoms with E-state index in [4.69, 9.17) is 5.73 Å². The average Bonchev–Trinajstić information content (AvgIpc) is 2.39. The molecule has 17 heavy (non-hydrogen) atoms. The summed E-state index contributed by atoms with van der Waals surface area (Å²) in [4.78, 5) is 6.88. The second-order valence-electron chi connectivity index (χ2n) is 4.61. The van der Waals surface area contributed by atoms with Crippen LogP contribution in [0, 0.1) is 0 Å². The summed E-state index contributed by atoms with van der Waals surface area (Å²) in [5.41, 5.74) is 7.51. The fraction of sp³-hybridized carbons (Fsp3) is 0.615. The van der Waals surface area contributed by atoms with Crippen LogP contribution in [0.1, 0.15) is 18.5 Å². The van der Waals surface area contributed by atoms with Crippen LogP contribution in [0.3, 0.4) is 0 Å². The smallest absolute Gasteiger partial charge is 0.0501 e. The maximum atomic E-state index is 5.62. The fourth-order valence-corrected chi connectivity index (χ4v) is 2.91. The Kier molecular flexibility index (Phi) is 4.68. The van der Waals surface area contributed by atoms with Crippen LogP contribution in [-0.4, -0.2) is 41.0 Å². The summed E-state index contributed by atoms with van der Waals surface area (Å²) in [5.74, 6) is 0. The van der Waals surface area contributed by atoms with Gasteiger partial charge in [-0.2, -0.15) is 11.8 Å². The van der Waals surface area contributed by atoms with E-state index in [9.17, 15) is 0 Å². The summed E-state index contributed by atoms with van der Waals surface area (Å²) in [5, 5.41) is 0.876. The third-order valence-corrected chi connectivity index (χ3v) is 4.54. The minimum absolute atomic E-state index is 0.745. The minimum Gasteiger partial charge on any atom is -0.397 e. The zero-order valence-corrected chi connectivity index (χ0v) is 11.2. The zero-order chi connectivity index (χ0) is 12.1. The molecule has 1 aromatic heterocycles. The first-order chi connectivity index (χ1) is 8.28. The Balaban J connectivity index is 1.74. The molecule has 0 aromatic carbocycles. The van der Waals surface area contributed by atoms with E-state index in [1.54, 1.807) is 6.20 Å². The molecule has 2 heterocycles. The molecule has 2 rings (SSSR count). The molecule has 0 bridgehead atoms. The van der Waals surface area contributed by atoms with Gasteiger partial charge in [-0.1, -0.05) is 0 Å². The monoisotopic (exact) mass is 251 g/mol. The molecule has 3 nitrogen and oxygen atoms in total. The van der Waals surface area contributed by atoms with Crippen molar-refractivity contribution < 1.29 is 0 Å². The maximum Gasteiger partial charge on any atom is 0.0501 e. The second kappa shape index (κ2) is 6.26. The summed E-state index contributed by atoms with van der Waals surface area (Å²) in [6, 6.07) is 3.96. The zero-order valence-electron chi connectivity index (χ0n) is 10.4. The van der Waals surface area contributed by atoms with Gasteiger partial charge in [-0.15, -0.1) is 0 Å². The van der Waals surface area contributed by atoms with Crippen LogP contribution in [0.15, 0.2) is 18.3 Å². The van der Waals surface area contributed by atoms with Crippen LogP contribution in [-0.2, 0) is 6.42 Å². The molecule has 1 fully saturated rings. The lowest BCUT2D eigenvalue weighted by molar-refractivity contribution is 0.235. The predicted octanol–water partition coefficient (Wildman–Crippen LogP) is 2.03. The van der Waals surface area contributed by atoms with Crippen LogP contribution in [0.25, 0.3) is 0 Å². The Hall–Kier alpha value is -0.740. The quantitative estimate of drug-likeness (QED) is 0.889. The standard InChI is InChI=1S/C13H21N3S/c1-17-13-5-8-16(9-6-13)7-4-12-3-2-11(14)10-15-12/h2-3,10,13H,4-9,14H2,1H3. The van der Waals surface area contributed by atoms with Crippen molar-refractivity contribution in [2.45, 2.75) is 24.5 Å². The number of nitrogen functional groups attached to an aromatic ring is 1. The Morgan fingerprint density at radius 1 is 1.41 bits per heavy atom. The first-order valence-corrected chi connectivity index (χ1v) is 7.52. The molecule has 94 valence electrons. The van der Waals surface area contributed by atoms with Gasteiger partial charge in [-0.05, 0) is 44.3 Å². The number of rotatable bonds is 4. The fourth-order valence-electron chi connectivity index (χ4n) is 2.23. The number of piperidine rings is 1. The van der Waals surface area contributed by atoms with Crippen LogP contribution in [0.2, 0.25) is 0 Å². The van der Waals surface area contributed by atoms with Crippen LogP contribution < -0.4 is 5.73 Å². The molecule has 0 amide bonds. The normalized spacial score (nSPS) is 18.4. The predicted molar refractivity (Wildman–Crippen MR) is 75.3 cm³/mol. The Labute approximate surface area is 108 Å². The summed E-state index contributed by atoms with van der Waals surface area (Å²) in [6.07, 6.45) is 7.66. The van der Waals surface area contributed by atoms with Crippen LogP contribution >= 0.6 is 11.8 Å². The van der Waals surface area contributed by atoms with Gasteiger partial charge < -0.3 is 10.6 Å². The van der Waals surface area contributed by atoms with Gasteiger partial charge in [0, 0.05) is 23.9 Å². The van der Waals surface area contributed by atoms with Crippen molar-refractivity contribution in [2.24, 2.45) is 0 Å². The van der Waals surface area contributed by atoms with Crippen molar-refractivity contribution in [3.05, 3.63) is 24.0 Å². The molecule has 1 aliphatic heterocycles. The molecule has 2 N–H and O–H groups in total. The Morgan fingerprint density at radius 2 is 2.18 bits per heavy atom. The lowest BCUT2D eigenvalue weighted by Crippen LogP contribution is -2.36. The van der Waals surface area contributed by atoms with Gasteiger partial charge in [-0.25, -0.2) is 0 Å². The molecule has 4 heteroatoms. The SMILES string of the molecule is CSC1CCN(CCc2ccc(N)cn2)CC1. The van der Waals surface area contributed by atoms with Crippen molar-refractivity contribution in [2.75, 3.05) is 31.6 Å². The van der Waals surface area contributed by atoms with E-state index in [0.29, 0.717) is 0 Å². The molecule has 0 unspecified atom stereocenters. The lowest BCUT2D eigenvalue weighted by Gasteiger charge is -2.30. The molecule has 1 saturated heterocycles. The van der Waals surface area contributed by atoms with Gasteiger partial charge in [-0.3, -0.25) is 4.98 Å². The van der Waals surface area contributed by atoms with Crippen molar-refractivity contribution in [1.29, 1.82) is 0 Å². The number of thioether (sulfide) groups is 1. The Morgan fingerprint density at radius 3 is 2.76 bits per heavy atom. The molecule has 0 aliphatic carbocycles. The summed E-state index contributed by atoms with van der Waals surface area (Å²) >= 11 is 2.01. The minimum atomic E-state index is 0.745. The van der Waals surface area contributed by atoms with Gasteiger partial charge >= 0.3 is 0 Å². The highest BCUT2D eigenvalue weighted by Gasteiger charge is 2.17. The highest BCUT2D eigenvalue weighted by atomic mass is 32.2. The first kappa shape index (κ1) is 12.7. The summed E-state index contributed by atoms with van der Waals surface area (Å²) in [7, 11) is 0. The average molecular weight is 251 g/mol. The number of pyridine rings is 1. The maximum absolute atomic E-state index is 5.62. The van der Waals surface area contributed by atoms with E-state index in [2.05, 4.69) is 16.1 Å². The van der Waals surface area contributed by atoms with Crippen molar-refractivity contribution >= 4 is 17.4 Å². The van der Waals surface area contributed by atoms with E-state index in [1.165, 1.54) is 25.9 Å². The van der Waals surface area contributed by atoms with Crippen molar-refractivity contribution in [1.82, 2.24) is 9.88 Å². The van der Waals surface area contributed by atoms with E-state index >= 15 is 0 Å². The molecule has 1 aromatic rings. The van der Waals surface area contributed by atoms with Crippen molar-refractivity contribution in [3.8, 4) is 0 Å².